The minimum Gasteiger partial charge on any atom is -0.456 e. The maximum atomic E-state index is 6.20. The van der Waals surface area contributed by atoms with Gasteiger partial charge in [0.25, 0.3) is 0 Å². The van der Waals surface area contributed by atoms with E-state index in [-0.39, 0.29) is 0 Å². The van der Waals surface area contributed by atoms with E-state index < -0.39 is 0 Å². The molecule has 0 unspecified atom stereocenters. The summed E-state index contributed by atoms with van der Waals surface area (Å²) in [6.07, 6.45) is 0. The zero-order valence-electron chi connectivity index (χ0n) is 29.6. The van der Waals surface area contributed by atoms with Crippen molar-refractivity contribution in [3.8, 4) is 56.4 Å². The smallest absolute Gasteiger partial charge is 0.164 e. The van der Waals surface area contributed by atoms with E-state index in [1.807, 2.05) is 18.2 Å². The average Bonchev–Trinajstić information content (AvgIpc) is 3.62. The summed E-state index contributed by atoms with van der Waals surface area (Å²) in [6.45, 7) is 0. The molecule has 55 heavy (non-hydrogen) atoms. The predicted octanol–water partition coefficient (Wildman–Crippen LogP) is 13.6. The molecule has 0 aliphatic carbocycles. The van der Waals surface area contributed by atoms with Gasteiger partial charge in [-0.3, -0.25) is 0 Å². The number of rotatable bonds is 5. The van der Waals surface area contributed by atoms with Crippen molar-refractivity contribution in [1.82, 2.24) is 15.0 Å². The Labute approximate surface area is 317 Å². The van der Waals surface area contributed by atoms with Crippen molar-refractivity contribution in [2.24, 2.45) is 0 Å². The number of hydrogen-bond donors (Lipinski definition) is 0. The van der Waals surface area contributed by atoms with Gasteiger partial charge in [-0.25, -0.2) is 15.0 Å². The van der Waals surface area contributed by atoms with E-state index in [1.54, 1.807) is 0 Å². The molecule has 0 radical (unpaired) electrons. The summed E-state index contributed by atoms with van der Waals surface area (Å²) >= 11 is 0. The second kappa shape index (κ2) is 12.6. The number of furan rings is 1. The van der Waals surface area contributed by atoms with Crippen LogP contribution in [0.3, 0.4) is 0 Å². The third-order valence-electron chi connectivity index (χ3n) is 10.6. The first-order valence-corrected chi connectivity index (χ1v) is 18.5. The van der Waals surface area contributed by atoms with E-state index in [0.717, 1.165) is 76.7 Å². The molecule has 11 aromatic rings. The fraction of sp³-hybridized carbons (Fsp3) is 0. The molecule has 4 heteroatoms. The highest BCUT2D eigenvalue weighted by atomic mass is 16.3. The normalized spacial score (nSPS) is 11.6. The molecule has 2 heterocycles. The standard InChI is InChI=1S/C51H31N3O/c1-3-11-32(12-4-1)34-19-20-36-26-39(23-21-35(36)25-34)49-52-50(40-24-22-37-31-48-46(29-41(37)28-40)44-17-9-10-18-47(44)55-48)54-51(53-49)42-27-38-15-7-8-16-43(38)45(30-42)33-13-5-2-6-14-33/h1-31H. The van der Waals surface area contributed by atoms with Crippen LogP contribution >= 0.6 is 0 Å². The SMILES string of the molecule is c1ccc(-c2ccc3cc(-c4nc(-c5ccc6cc7oc8ccccc8c7cc6c5)nc(-c5cc(-c6ccccc6)c6ccccc6c5)n4)ccc3c2)cc1. The molecule has 4 nitrogen and oxygen atoms in total. The van der Waals surface area contributed by atoms with E-state index in [2.05, 4.69) is 170 Å². The first kappa shape index (κ1) is 31.1. The Balaban J connectivity index is 1.10. The molecule has 256 valence electrons. The van der Waals surface area contributed by atoms with Gasteiger partial charge in [0.2, 0.25) is 0 Å². The van der Waals surface area contributed by atoms with Gasteiger partial charge in [-0.2, -0.15) is 0 Å². The molecule has 0 N–H and O–H groups in total. The van der Waals surface area contributed by atoms with Crippen LogP contribution in [0.15, 0.2) is 192 Å². The number of fused-ring (bicyclic) bond motifs is 6. The maximum Gasteiger partial charge on any atom is 0.164 e. The quantitative estimate of drug-likeness (QED) is 0.179. The van der Waals surface area contributed by atoms with Crippen molar-refractivity contribution in [1.29, 1.82) is 0 Å². The second-order valence-corrected chi connectivity index (χ2v) is 14.1. The first-order chi connectivity index (χ1) is 27.2. The fourth-order valence-corrected chi connectivity index (χ4v) is 7.86. The van der Waals surface area contributed by atoms with Gasteiger partial charge < -0.3 is 4.42 Å². The van der Waals surface area contributed by atoms with Crippen LogP contribution in [0, 0.1) is 0 Å². The zero-order chi connectivity index (χ0) is 36.3. The highest BCUT2D eigenvalue weighted by Crippen LogP contribution is 2.37. The summed E-state index contributed by atoms with van der Waals surface area (Å²) in [4.78, 5) is 15.6. The van der Waals surface area contributed by atoms with Gasteiger partial charge in [0.1, 0.15) is 11.2 Å². The zero-order valence-corrected chi connectivity index (χ0v) is 29.6. The largest absolute Gasteiger partial charge is 0.456 e. The second-order valence-electron chi connectivity index (χ2n) is 14.1. The van der Waals surface area contributed by atoms with Crippen molar-refractivity contribution in [3.05, 3.63) is 188 Å². The Morgan fingerprint density at radius 1 is 0.273 bits per heavy atom. The van der Waals surface area contributed by atoms with Crippen molar-refractivity contribution in [2.75, 3.05) is 0 Å². The summed E-state index contributed by atoms with van der Waals surface area (Å²) in [7, 11) is 0. The van der Waals surface area contributed by atoms with Gasteiger partial charge in [-0.15, -0.1) is 0 Å². The van der Waals surface area contributed by atoms with Crippen molar-refractivity contribution < 1.29 is 4.42 Å². The van der Waals surface area contributed by atoms with Gasteiger partial charge in [-0.1, -0.05) is 140 Å². The highest BCUT2D eigenvalue weighted by molar-refractivity contribution is 6.10. The topological polar surface area (TPSA) is 51.8 Å². The first-order valence-electron chi connectivity index (χ1n) is 18.5. The number of hydrogen-bond acceptors (Lipinski definition) is 4. The molecule has 0 amide bonds. The van der Waals surface area contributed by atoms with Crippen LogP contribution in [-0.4, -0.2) is 15.0 Å². The summed E-state index contributed by atoms with van der Waals surface area (Å²) in [6, 6.07) is 66.0. The molecule has 2 aromatic heterocycles. The summed E-state index contributed by atoms with van der Waals surface area (Å²) in [5, 5.41) is 8.98. The van der Waals surface area contributed by atoms with Crippen LogP contribution < -0.4 is 0 Å². The molecule has 0 saturated heterocycles. The third kappa shape index (κ3) is 5.51. The molecule has 0 aliphatic heterocycles. The van der Waals surface area contributed by atoms with Gasteiger partial charge in [0.15, 0.2) is 17.5 Å². The van der Waals surface area contributed by atoms with Crippen LogP contribution in [-0.2, 0) is 0 Å². The van der Waals surface area contributed by atoms with Crippen molar-refractivity contribution in [3.63, 3.8) is 0 Å². The molecule has 0 saturated carbocycles. The van der Waals surface area contributed by atoms with E-state index in [9.17, 15) is 0 Å². The van der Waals surface area contributed by atoms with Crippen molar-refractivity contribution >= 4 is 54.3 Å². The third-order valence-corrected chi connectivity index (χ3v) is 10.6. The lowest BCUT2D eigenvalue weighted by Gasteiger charge is -2.13. The Hall–Kier alpha value is -7.43. The minimum atomic E-state index is 0.619. The molecule has 0 atom stereocenters. The molecule has 9 aromatic carbocycles. The number of benzene rings is 9. The van der Waals surface area contributed by atoms with Crippen LogP contribution in [0.2, 0.25) is 0 Å². The summed E-state index contributed by atoms with van der Waals surface area (Å²) < 4.78 is 6.20. The van der Waals surface area contributed by atoms with Gasteiger partial charge in [-0.05, 0) is 103 Å². The van der Waals surface area contributed by atoms with Gasteiger partial charge >= 0.3 is 0 Å². The maximum absolute atomic E-state index is 6.20. The molecular formula is C51H31N3O. The monoisotopic (exact) mass is 701 g/mol. The molecule has 0 fully saturated rings. The number of nitrogens with zero attached hydrogens (tertiary/aromatic N) is 3. The molecular weight excluding hydrogens is 671 g/mol. The predicted molar refractivity (Wildman–Crippen MR) is 227 cm³/mol. The Morgan fingerprint density at radius 3 is 1.53 bits per heavy atom. The van der Waals surface area contributed by atoms with Gasteiger partial charge in [0, 0.05) is 27.5 Å². The number of aromatic nitrogens is 3. The Morgan fingerprint density at radius 2 is 0.800 bits per heavy atom. The molecule has 11 rings (SSSR count). The van der Waals surface area contributed by atoms with Crippen LogP contribution in [0.1, 0.15) is 0 Å². The summed E-state index contributed by atoms with van der Waals surface area (Å²) in [5.41, 5.74) is 9.22. The van der Waals surface area contributed by atoms with E-state index in [4.69, 9.17) is 19.4 Å². The highest BCUT2D eigenvalue weighted by Gasteiger charge is 2.17. The molecule has 0 spiro atoms. The molecule has 0 aliphatic rings. The lowest BCUT2D eigenvalue weighted by atomic mass is 9.95. The molecule has 0 bridgehead atoms. The van der Waals surface area contributed by atoms with Crippen LogP contribution in [0.4, 0.5) is 0 Å². The van der Waals surface area contributed by atoms with E-state index in [1.165, 1.54) is 16.5 Å². The lowest BCUT2D eigenvalue weighted by molar-refractivity contribution is 0.669. The van der Waals surface area contributed by atoms with Crippen LogP contribution in [0.25, 0.3) is 111 Å². The minimum absolute atomic E-state index is 0.619. The van der Waals surface area contributed by atoms with Gasteiger partial charge in [0.05, 0.1) is 0 Å². The van der Waals surface area contributed by atoms with Crippen molar-refractivity contribution in [2.45, 2.75) is 0 Å². The Kier molecular flexibility index (Phi) is 7.14. The number of para-hydroxylation sites is 1. The lowest BCUT2D eigenvalue weighted by Crippen LogP contribution is -2.00. The van der Waals surface area contributed by atoms with Crippen LogP contribution in [0.5, 0.6) is 0 Å². The fourth-order valence-electron chi connectivity index (χ4n) is 7.86. The summed E-state index contributed by atoms with van der Waals surface area (Å²) in [5.74, 6) is 1.87. The average molecular weight is 702 g/mol. The van der Waals surface area contributed by atoms with E-state index in [0.29, 0.717) is 17.5 Å². The Bertz CT molecular complexity index is 3260. The van der Waals surface area contributed by atoms with E-state index >= 15 is 0 Å².